The number of piperidine rings is 1. The zero-order valence-electron chi connectivity index (χ0n) is 12.2. The maximum absolute atomic E-state index is 5.44. The van der Waals surface area contributed by atoms with Crippen molar-refractivity contribution in [2.24, 2.45) is 0 Å². The largest absolute Gasteiger partial charge is 0.495 e. The fourth-order valence-corrected chi connectivity index (χ4v) is 2.71. The Bertz CT molecular complexity index is 567. The molecule has 1 aliphatic rings. The molecule has 0 amide bonds. The Morgan fingerprint density at radius 3 is 2.52 bits per heavy atom. The summed E-state index contributed by atoms with van der Waals surface area (Å²) in [5, 5.41) is 3.40. The van der Waals surface area contributed by atoms with Gasteiger partial charge >= 0.3 is 0 Å². The minimum Gasteiger partial charge on any atom is -0.495 e. The zero-order valence-corrected chi connectivity index (χ0v) is 12.2. The monoisotopic (exact) mass is 284 g/mol. The second-order valence-electron chi connectivity index (χ2n) is 5.15. The van der Waals surface area contributed by atoms with E-state index in [4.69, 9.17) is 4.74 Å². The molecular weight excluding hydrogens is 264 g/mol. The molecule has 1 aromatic heterocycles. The number of rotatable bonds is 4. The number of hydrogen-bond acceptors (Lipinski definition) is 5. The summed E-state index contributed by atoms with van der Waals surface area (Å²) in [5.41, 5.74) is 1.18. The van der Waals surface area contributed by atoms with Crippen molar-refractivity contribution in [2.75, 3.05) is 30.4 Å². The lowest BCUT2D eigenvalue weighted by atomic mass is 10.0. The topological polar surface area (TPSA) is 50.3 Å². The lowest BCUT2D eigenvalue weighted by molar-refractivity contribution is 0.411. The van der Waals surface area contributed by atoms with Crippen LogP contribution in [0.1, 0.15) is 12.8 Å². The van der Waals surface area contributed by atoms with Crippen molar-refractivity contribution in [2.45, 2.75) is 18.9 Å². The van der Waals surface area contributed by atoms with E-state index in [1.807, 2.05) is 18.2 Å². The van der Waals surface area contributed by atoms with Gasteiger partial charge in [0.1, 0.15) is 5.75 Å². The van der Waals surface area contributed by atoms with Crippen LogP contribution in [0.2, 0.25) is 0 Å². The maximum atomic E-state index is 5.44. The van der Waals surface area contributed by atoms with Crippen molar-refractivity contribution >= 4 is 11.6 Å². The number of anilines is 2. The van der Waals surface area contributed by atoms with Crippen LogP contribution in [-0.2, 0) is 0 Å². The van der Waals surface area contributed by atoms with Crippen LogP contribution in [0.5, 0.6) is 5.75 Å². The number of benzene rings is 1. The van der Waals surface area contributed by atoms with Gasteiger partial charge in [-0.3, -0.25) is 0 Å². The number of para-hydroxylation sites is 2. The van der Waals surface area contributed by atoms with Crippen LogP contribution < -0.4 is 15.0 Å². The molecule has 5 nitrogen and oxygen atoms in total. The van der Waals surface area contributed by atoms with Crippen molar-refractivity contribution in [1.29, 1.82) is 0 Å². The SMILES string of the molecule is COc1ccccc1N1CCC(Nc2ncccn2)CC1. The first-order valence-corrected chi connectivity index (χ1v) is 7.28. The summed E-state index contributed by atoms with van der Waals surface area (Å²) in [7, 11) is 1.72. The minimum atomic E-state index is 0.429. The molecule has 0 atom stereocenters. The molecule has 0 spiro atoms. The van der Waals surface area contributed by atoms with E-state index in [1.54, 1.807) is 19.5 Å². The van der Waals surface area contributed by atoms with Gasteiger partial charge in [0.15, 0.2) is 0 Å². The van der Waals surface area contributed by atoms with Crippen LogP contribution in [0.3, 0.4) is 0 Å². The molecule has 2 aromatic rings. The molecular formula is C16H20N4O. The fourth-order valence-electron chi connectivity index (χ4n) is 2.71. The lowest BCUT2D eigenvalue weighted by Crippen LogP contribution is -2.39. The third kappa shape index (κ3) is 3.24. The van der Waals surface area contributed by atoms with Crippen LogP contribution in [0.15, 0.2) is 42.7 Å². The Hall–Kier alpha value is -2.30. The Kier molecular flexibility index (Phi) is 4.19. The molecule has 0 bridgehead atoms. The molecule has 0 aliphatic carbocycles. The summed E-state index contributed by atoms with van der Waals surface area (Å²) in [6, 6.07) is 10.4. The second-order valence-corrected chi connectivity index (χ2v) is 5.15. The van der Waals surface area contributed by atoms with Crippen LogP contribution in [0.4, 0.5) is 11.6 Å². The van der Waals surface area contributed by atoms with Crippen molar-refractivity contribution in [3.63, 3.8) is 0 Å². The highest BCUT2D eigenvalue weighted by molar-refractivity contribution is 5.58. The third-order valence-corrected chi connectivity index (χ3v) is 3.82. The number of hydrogen-bond donors (Lipinski definition) is 1. The van der Waals surface area contributed by atoms with Gasteiger partial charge in [-0.25, -0.2) is 9.97 Å². The van der Waals surface area contributed by atoms with Gasteiger partial charge in [-0.1, -0.05) is 12.1 Å². The predicted octanol–water partition coefficient (Wildman–Crippen LogP) is 2.57. The highest BCUT2D eigenvalue weighted by Crippen LogP contribution is 2.30. The van der Waals surface area contributed by atoms with E-state index in [0.717, 1.165) is 31.7 Å². The number of ether oxygens (including phenoxy) is 1. The molecule has 1 aliphatic heterocycles. The Labute approximate surface area is 125 Å². The summed E-state index contributed by atoms with van der Waals surface area (Å²) in [4.78, 5) is 10.8. The zero-order chi connectivity index (χ0) is 14.5. The van der Waals surface area contributed by atoms with Gasteiger partial charge < -0.3 is 15.0 Å². The average Bonchev–Trinajstić information content (AvgIpc) is 2.56. The van der Waals surface area contributed by atoms with Gasteiger partial charge in [0.05, 0.1) is 12.8 Å². The van der Waals surface area contributed by atoms with E-state index in [2.05, 4.69) is 32.3 Å². The number of aromatic nitrogens is 2. The average molecular weight is 284 g/mol. The van der Waals surface area contributed by atoms with E-state index in [0.29, 0.717) is 12.0 Å². The van der Waals surface area contributed by atoms with Crippen LogP contribution in [-0.4, -0.2) is 36.2 Å². The van der Waals surface area contributed by atoms with E-state index in [-0.39, 0.29) is 0 Å². The first kappa shape index (κ1) is 13.7. The summed E-state index contributed by atoms with van der Waals surface area (Å²) >= 11 is 0. The molecule has 21 heavy (non-hydrogen) atoms. The van der Waals surface area contributed by atoms with Crippen LogP contribution >= 0.6 is 0 Å². The summed E-state index contributed by atoms with van der Waals surface area (Å²) in [6.07, 6.45) is 5.66. The van der Waals surface area contributed by atoms with Crippen molar-refractivity contribution in [3.05, 3.63) is 42.7 Å². The molecule has 5 heteroatoms. The van der Waals surface area contributed by atoms with E-state index in [1.165, 1.54) is 5.69 Å². The van der Waals surface area contributed by atoms with Gasteiger partial charge in [0, 0.05) is 31.5 Å². The first-order chi connectivity index (χ1) is 10.4. The smallest absolute Gasteiger partial charge is 0.222 e. The first-order valence-electron chi connectivity index (χ1n) is 7.28. The van der Waals surface area contributed by atoms with E-state index in [9.17, 15) is 0 Å². The van der Waals surface area contributed by atoms with Gasteiger partial charge in [-0.2, -0.15) is 0 Å². The molecule has 3 rings (SSSR count). The van der Waals surface area contributed by atoms with Gasteiger partial charge in [0.2, 0.25) is 5.95 Å². The van der Waals surface area contributed by atoms with E-state index >= 15 is 0 Å². The standard InChI is InChI=1S/C16H20N4O/c1-21-15-6-3-2-5-14(15)20-11-7-13(8-12-20)19-16-17-9-4-10-18-16/h2-6,9-10,13H,7-8,11-12H2,1H3,(H,17,18,19). The molecule has 110 valence electrons. The summed E-state index contributed by atoms with van der Waals surface area (Å²) < 4.78 is 5.44. The van der Waals surface area contributed by atoms with Gasteiger partial charge in [0.25, 0.3) is 0 Å². The van der Waals surface area contributed by atoms with Crippen LogP contribution in [0.25, 0.3) is 0 Å². The van der Waals surface area contributed by atoms with Gasteiger partial charge in [-0.15, -0.1) is 0 Å². The van der Waals surface area contributed by atoms with E-state index < -0.39 is 0 Å². The molecule has 0 radical (unpaired) electrons. The molecule has 1 aromatic carbocycles. The molecule has 1 N–H and O–H groups in total. The quantitative estimate of drug-likeness (QED) is 0.935. The molecule has 1 fully saturated rings. The third-order valence-electron chi connectivity index (χ3n) is 3.82. The Balaban J connectivity index is 1.60. The normalized spacial score (nSPS) is 15.8. The number of nitrogens with zero attached hydrogens (tertiary/aromatic N) is 3. The molecule has 1 saturated heterocycles. The summed E-state index contributed by atoms with van der Waals surface area (Å²) in [5.74, 6) is 1.66. The van der Waals surface area contributed by atoms with Crippen LogP contribution in [0, 0.1) is 0 Å². The fraction of sp³-hybridized carbons (Fsp3) is 0.375. The molecule has 0 saturated carbocycles. The predicted molar refractivity (Wildman–Crippen MR) is 83.9 cm³/mol. The van der Waals surface area contributed by atoms with Gasteiger partial charge in [-0.05, 0) is 31.0 Å². The highest BCUT2D eigenvalue weighted by Gasteiger charge is 2.21. The van der Waals surface area contributed by atoms with Crippen molar-refractivity contribution in [3.8, 4) is 5.75 Å². The van der Waals surface area contributed by atoms with Crippen molar-refractivity contribution in [1.82, 2.24) is 9.97 Å². The summed E-state index contributed by atoms with van der Waals surface area (Å²) in [6.45, 7) is 2.01. The maximum Gasteiger partial charge on any atom is 0.222 e. The minimum absolute atomic E-state index is 0.429. The Morgan fingerprint density at radius 2 is 1.81 bits per heavy atom. The second kappa shape index (κ2) is 6.43. The van der Waals surface area contributed by atoms with Crippen molar-refractivity contribution < 1.29 is 4.74 Å². The number of methoxy groups -OCH3 is 1. The molecule has 2 heterocycles. The highest BCUT2D eigenvalue weighted by atomic mass is 16.5. The number of nitrogens with one attached hydrogen (secondary N) is 1. The lowest BCUT2D eigenvalue weighted by Gasteiger charge is -2.34. The molecule has 0 unspecified atom stereocenters. The Morgan fingerprint density at radius 1 is 1.10 bits per heavy atom.